The summed E-state index contributed by atoms with van der Waals surface area (Å²) in [6, 6.07) is 10.3. The largest absolute Gasteiger partial charge is 0.496 e. The van der Waals surface area contributed by atoms with E-state index < -0.39 is 64.6 Å². The Morgan fingerprint density at radius 3 is 2.43 bits per heavy atom. The normalized spacial score (nSPS) is 22.2. The van der Waals surface area contributed by atoms with Crippen LogP contribution in [-0.2, 0) is 34.7 Å². The lowest BCUT2D eigenvalue weighted by atomic mass is 9.80. The molecule has 2 aliphatic rings. The molecule has 2 aliphatic heterocycles. The Morgan fingerprint density at radius 1 is 1.11 bits per heavy atom. The SMILES string of the molecule is COc1ccccc1C1(N2C[C@H](OC(=O)C(F)(F)F)C[C@H]2C(=O)N(C)C)C(=O)N(S(=O)(=O)c2ccsc2)c2ccc(Cl)cc21. The summed E-state index contributed by atoms with van der Waals surface area (Å²) in [7, 11) is -0.393. The number of hydrogen-bond donors (Lipinski definition) is 0. The molecule has 1 aromatic heterocycles. The number of likely N-dealkylation sites (N-methyl/N-ethyl adjacent to an activating group) is 1. The molecule has 10 nitrogen and oxygen atoms in total. The molecule has 0 N–H and O–H groups in total. The van der Waals surface area contributed by atoms with Gasteiger partial charge in [-0.25, -0.2) is 17.5 Å². The van der Waals surface area contributed by atoms with Gasteiger partial charge in [0, 0.05) is 48.6 Å². The predicted octanol–water partition coefficient (Wildman–Crippen LogP) is 4.03. The van der Waals surface area contributed by atoms with Gasteiger partial charge < -0.3 is 14.4 Å². The molecule has 0 bridgehead atoms. The van der Waals surface area contributed by atoms with E-state index in [0.29, 0.717) is 4.31 Å². The van der Waals surface area contributed by atoms with Gasteiger partial charge in [0.15, 0.2) is 5.54 Å². The van der Waals surface area contributed by atoms with E-state index in [1.807, 2.05) is 0 Å². The van der Waals surface area contributed by atoms with Crippen LogP contribution in [0.3, 0.4) is 0 Å². The highest BCUT2D eigenvalue weighted by Gasteiger charge is 2.64. The van der Waals surface area contributed by atoms with Gasteiger partial charge in [-0.3, -0.25) is 14.5 Å². The minimum atomic E-state index is -5.32. The standard InChI is InChI=1S/C28H25ClF3N3O7S2/c1-33(2)24(36)22-13-17(42-26(38)28(30,31)32)14-34(22)27(19-6-4-5-7-23(19)41-3)20-12-16(29)8-9-21(20)35(25(27)37)44(39,40)18-10-11-43-15-18/h4-12,15,17,22H,13-14H2,1-3H3/t17-,22+,27?/m1/s1. The van der Waals surface area contributed by atoms with Crippen molar-refractivity contribution >= 4 is 56.4 Å². The average molecular weight is 672 g/mol. The van der Waals surface area contributed by atoms with Gasteiger partial charge in [0.05, 0.1) is 23.7 Å². The van der Waals surface area contributed by atoms with Gasteiger partial charge >= 0.3 is 12.1 Å². The molecule has 3 atom stereocenters. The van der Waals surface area contributed by atoms with Crippen molar-refractivity contribution in [3.8, 4) is 5.75 Å². The lowest BCUT2D eigenvalue weighted by Crippen LogP contribution is -2.59. The lowest BCUT2D eigenvalue weighted by molar-refractivity contribution is -0.204. The van der Waals surface area contributed by atoms with Gasteiger partial charge in [-0.1, -0.05) is 29.8 Å². The zero-order valence-electron chi connectivity index (χ0n) is 23.4. The zero-order chi connectivity index (χ0) is 32.2. The van der Waals surface area contributed by atoms with Gasteiger partial charge in [0.25, 0.3) is 15.9 Å². The highest BCUT2D eigenvalue weighted by atomic mass is 35.5. The molecule has 0 saturated carbocycles. The molecule has 0 radical (unpaired) electrons. The Balaban J connectivity index is 1.82. The number of methoxy groups -OCH3 is 1. The van der Waals surface area contributed by atoms with E-state index in [9.17, 15) is 31.2 Å². The highest BCUT2D eigenvalue weighted by Crippen LogP contribution is 2.55. The fraction of sp³-hybridized carbons (Fsp3) is 0.321. The Bertz CT molecular complexity index is 1730. The molecule has 2 amide bonds. The van der Waals surface area contributed by atoms with Crippen molar-refractivity contribution in [1.82, 2.24) is 9.80 Å². The molecule has 1 fully saturated rings. The first kappa shape index (κ1) is 31.8. The van der Waals surface area contributed by atoms with Gasteiger partial charge in [-0.2, -0.15) is 24.5 Å². The topological polar surface area (TPSA) is 114 Å². The number of ether oxygens (including phenoxy) is 2. The molecule has 1 saturated heterocycles. The van der Waals surface area contributed by atoms with Crippen molar-refractivity contribution < 1.29 is 45.4 Å². The van der Waals surface area contributed by atoms with Crippen LogP contribution in [0.25, 0.3) is 0 Å². The summed E-state index contributed by atoms with van der Waals surface area (Å²) < 4.78 is 78.8. The van der Waals surface area contributed by atoms with Crippen molar-refractivity contribution in [3.63, 3.8) is 0 Å². The number of hydrogen-bond acceptors (Lipinski definition) is 9. The number of carbonyl (C=O) groups is 3. The Kier molecular flexibility index (Phi) is 8.20. The first-order chi connectivity index (χ1) is 20.6. The molecule has 3 aromatic rings. The van der Waals surface area contributed by atoms with E-state index in [1.165, 1.54) is 78.2 Å². The number of fused-ring (bicyclic) bond motifs is 1. The van der Waals surface area contributed by atoms with Crippen molar-refractivity contribution in [2.24, 2.45) is 0 Å². The third-order valence-corrected chi connectivity index (χ3v) is 10.3. The van der Waals surface area contributed by atoms with Crippen molar-refractivity contribution in [2.45, 2.75) is 35.2 Å². The summed E-state index contributed by atoms with van der Waals surface area (Å²) in [4.78, 5) is 42.8. The maximum absolute atomic E-state index is 15.0. The quantitative estimate of drug-likeness (QED) is 0.346. The Hall–Kier alpha value is -3.66. The maximum Gasteiger partial charge on any atom is 0.490 e. The second-order valence-corrected chi connectivity index (χ2v) is 13.3. The highest BCUT2D eigenvalue weighted by molar-refractivity contribution is 7.93. The van der Waals surface area contributed by atoms with E-state index in [-0.39, 0.29) is 32.5 Å². The van der Waals surface area contributed by atoms with Crippen LogP contribution in [-0.4, -0.2) is 82.1 Å². The second kappa shape index (κ2) is 11.4. The van der Waals surface area contributed by atoms with Crippen LogP contribution in [0.5, 0.6) is 5.75 Å². The summed E-state index contributed by atoms with van der Waals surface area (Å²) in [5, 5.41) is 2.98. The number of anilines is 1. The van der Waals surface area contributed by atoms with Crippen LogP contribution in [0.4, 0.5) is 18.9 Å². The van der Waals surface area contributed by atoms with E-state index >= 15 is 4.79 Å². The molecule has 0 spiro atoms. The van der Waals surface area contributed by atoms with E-state index in [4.69, 9.17) is 21.1 Å². The smallest absolute Gasteiger partial charge is 0.490 e. The lowest BCUT2D eigenvalue weighted by Gasteiger charge is -2.41. The first-order valence-electron chi connectivity index (χ1n) is 13.0. The fourth-order valence-corrected chi connectivity index (χ4v) is 8.38. The first-order valence-corrected chi connectivity index (χ1v) is 15.7. The molecule has 44 heavy (non-hydrogen) atoms. The summed E-state index contributed by atoms with van der Waals surface area (Å²) in [6.45, 7) is -0.547. The molecular formula is C28H25ClF3N3O7S2. The number of thiophene rings is 1. The summed E-state index contributed by atoms with van der Waals surface area (Å²) in [5.41, 5.74) is -2.13. The molecule has 0 aliphatic carbocycles. The molecular weight excluding hydrogens is 647 g/mol. The number of benzene rings is 2. The minimum Gasteiger partial charge on any atom is -0.496 e. The van der Waals surface area contributed by atoms with E-state index in [1.54, 1.807) is 12.1 Å². The molecule has 3 heterocycles. The van der Waals surface area contributed by atoms with Crippen LogP contribution in [0.1, 0.15) is 17.5 Å². The number of alkyl halides is 3. The van der Waals surface area contributed by atoms with Gasteiger partial charge in [-0.15, -0.1) is 0 Å². The van der Waals surface area contributed by atoms with Crippen molar-refractivity contribution in [2.75, 3.05) is 32.1 Å². The second-order valence-electron chi connectivity index (χ2n) is 10.3. The number of rotatable bonds is 7. The predicted molar refractivity (Wildman–Crippen MR) is 154 cm³/mol. The van der Waals surface area contributed by atoms with Gasteiger partial charge in [0.1, 0.15) is 11.9 Å². The third-order valence-electron chi connectivity index (χ3n) is 7.52. The number of likely N-dealkylation sites (tertiary alicyclic amines) is 1. The third kappa shape index (κ3) is 5.01. The maximum atomic E-state index is 15.0. The Labute approximate surface area is 259 Å². The Morgan fingerprint density at radius 2 is 1.82 bits per heavy atom. The van der Waals surface area contributed by atoms with Crippen LogP contribution in [0, 0.1) is 0 Å². The van der Waals surface area contributed by atoms with Crippen LogP contribution < -0.4 is 9.04 Å². The average Bonchev–Trinajstić information content (AvgIpc) is 3.70. The molecule has 1 unspecified atom stereocenters. The number of amides is 2. The van der Waals surface area contributed by atoms with E-state index in [0.717, 1.165) is 11.3 Å². The molecule has 2 aromatic carbocycles. The zero-order valence-corrected chi connectivity index (χ0v) is 25.8. The van der Waals surface area contributed by atoms with Crippen molar-refractivity contribution in [3.05, 3.63) is 75.4 Å². The number of sulfonamides is 1. The monoisotopic (exact) mass is 671 g/mol. The number of nitrogens with zero attached hydrogens (tertiary/aromatic N) is 3. The number of esters is 1. The summed E-state index contributed by atoms with van der Waals surface area (Å²) in [6.07, 6.45) is -7.23. The number of carbonyl (C=O) groups excluding carboxylic acids is 3. The van der Waals surface area contributed by atoms with Crippen LogP contribution in [0.2, 0.25) is 5.02 Å². The number of para-hydroxylation sites is 1. The van der Waals surface area contributed by atoms with Gasteiger partial charge in [0.2, 0.25) is 5.91 Å². The molecule has 5 rings (SSSR count). The van der Waals surface area contributed by atoms with Crippen LogP contribution in [0.15, 0.2) is 64.2 Å². The van der Waals surface area contributed by atoms with Crippen molar-refractivity contribution in [1.29, 1.82) is 0 Å². The minimum absolute atomic E-state index is 0.0395. The van der Waals surface area contributed by atoms with Gasteiger partial charge in [-0.05, 0) is 35.7 Å². The summed E-state index contributed by atoms with van der Waals surface area (Å²) in [5.74, 6) is -4.02. The molecule has 16 heteroatoms. The number of halogens is 4. The summed E-state index contributed by atoms with van der Waals surface area (Å²) >= 11 is 7.52. The van der Waals surface area contributed by atoms with E-state index in [2.05, 4.69) is 0 Å². The fourth-order valence-electron chi connectivity index (χ4n) is 5.73. The molecule has 234 valence electrons. The van der Waals surface area contributed by atoms with Crippen LogP contribution >= 0.6 is 22.9 Å².